The number of nitrogens with one attached hydrogen (secondary N) is 1. The molecule has 4 N–H and O–H groups in total. The zero-order valence-corrected chi connectivity index (χ0v) is 10.4. The van der Waals surface area contributed by atoms with E-state index in [2.05, 4.69) is 5.32 Å². The van der Waals surface area contributed by atoms with Crippen LogP contribution in [0.15, 0.2) is 0 Å². The van der Waals surface area contributed by atoms with Gasteiger partial charge in [0.2, 0.25) is 10.0 Å². The highest BCUT2D eigenvalue weighted by Gasteiger charge is 2.28. The Kier molecular flexibility index (Phi) is 4.87. The number of carbonyl (C=O) groups is 2. The lowest BCUT2D eigenvalue weighted by Gasteiger charge is -2.30. The molecular formula is C8H15N3O6S. The molecular weight excluding hydrogens is 266 g/mol. The third-order valence-electron chi connectivity index (χ3n) is 2.29. The number of carbonyl (C=O) groups excluding carboxylic acids is 1. The summed E-state index contributed by atoms with van der Waals surface area (Å²) >= 11 is 0. The van der Waals surface area contributed by atoms with Gasteiger partial charge in [-0.2, -0.15) is 0 Å². The first-order chi connectivity index (χ1) is 8.29. The van der Waals surface area contributed by atoms with E-state index in [1.807, 2.05) is 0 Å². The van der Waals surface area contributed by atoms with Gasteiger partial charge in [0.05, 0.1) is 18.9 Å². The van der Waals surface area contributed by atoms with E-state index in [9.17, 15) is 18.0 Å². The fourth-order valence-corrected chi connectivity index (χ4v) is 1.78. The van der Waals surface area contributed by atoms with E-state index in [4.69, 9.17) is 15.0 Å². The maximum absolute atomic E-state index is 11.6. The number of hydrogen-bond donors (Lipinski definition) is 3. The number of ether oxygens (including phenoxy) is 1. The predicted molar refractivity (Wildman–Crippen MR) is 60.3 cm³/mol. The maximum Gasteiger partial charge on any atom is 0.334 e. The van der Waals surface area contributed by atoms with Crippen molar-refractivity contribution in [3.8, 4) is 0 Å². The third kappa shape index (κ3) is 4.85. The van der Waals surface area contributed by atoms with E-state index in [1.54, 1.807) is 0 Å². The fraction of sp³-hybridized carbons (Fsp3) is 0.750. The van der Waals surface area contributed by atoms with Crippen molar-refractivity contribution in [2.75, 3.05) is 32.0 Å². The van der Waals surface area contributed by atoms with E-state index < -0.39 is 28.1 Å². The van der Waals surface area contributed by atoms with Crippen LogP contribution in [0.2, 0.25) is 0 Å². The minimum Gasteiger partial charge on any atom is -0.479 e. The van der Waals surface area contributed by atoms with Crippen molar-refractivity contribution in [1.29, 1.82) is 0 Å². The monoisotopic (exact) mass is 281 g/mol. The zero-order valence-electron chi connectivity index (χ0n) is 9.53. The van der Waals surface area contributed by atoms with Gasteiger partial charge in [-0.3, -0.25) is 0 Å². The lowest BCUT2D eigenvalue weighted by molar-refractivity contribution is -0.154. The number of carboxylic acid groups (broad SMARTS) is 1. The minimum absolute atomic E-state index is 0.0729. The number of aliphatic carboxylic acids is 1. The molecule has 0 bridgehead atoms. The third-order valence-corrected chi connectivity index (χ3v) is 3.07. The molecule has 10 heteroatoms. The van der Waals surface area contributed by atoms with Gasteiger partial charge in [-0.15, -0.1) is 0 Å². The minimum atomic E-state index is -3.63. The van der Waals surface area contributed by atoms with Crippen LogP contribution in [0.4, 0.5) is 4.79 Å². The summed E-state index contributed by atoms with van der Waals surface area (Å²) in [5.74, 6) is -1.51. The Labute approximate surface area is 104 Å². The molecule has 1 aliphatic rings. The van der Waals surface area contributed by atoms with E-state index in [0.29, 0.717) is 0 Å². The lowest BCUT2D eigenvalue weighted by Crippen LogP contribution is -2.52. The number of primary sulfonamides is 1. The number of nitrogens with zero attached hydrogens (tertiary/aromatic N) is 1. The Hall–Kier alpha value is -1.39. The molecule has 1 atom stereocenters. The van der Waals surface area contributed by atoms with Crippen molar-refractivity contribution in [3.05, 3.63) is 0 Å². The quantitative estimate of drug-likeness (QED) is 0.533. The number of amides is 2. The van der Waals surface area contributed by atoms with E-state index in [1.165, 1.54) is 4.90 Å². The van der Waals surface area contributed by atoms with Gasteiger partial charge in [0, 0.05) is 13.1 Å². The summed E-state index contributed by atoms with van der Waals surface area (Å²) in [6, 6.07) is -0.534. The topological polar surface area (TPSA) is 139 Å². The Bertz CT molecular complexity index is 423. The van der Waals surface area contributed by atoms with Crippen molar-refractivity contribution >= 4 is 22.0 Å². The largest absolute Gasteiger partial charge is 0.479 e. The second-order valence-corrected chi connectivity index (χ2v) is 5.48. The smallest absolute Gasteiger partial charge is 0.334 e. The van der Waals surface area contributed by atoms with Gasteiger partial charge in [-0.05, 0) is 0 Å². The average Bonchev–Trinajstić information content (AvgIpc) is 2.27. The van der Waals surface area contributed by atoms with Gasteiger partial charge in [-0.1, -0.05) is 0 Å². The van der Waals surface area contributed by atoms with Gasteiger partial charge in [0.15, 0.2) is 6.10 Å². The van der Waals surface area contributed by atoms with Crippen LogP contribution in [0.5, 0.6) is 0 Å². The Morgan fingerprint density at radius 1 is 1.50 bits per heavy atom. The second kappa shape index (κ2) is 5.98. The summed E-state index contributed by atoms with van der Waals surface area (Å²) in [5, 5.41) is 15.9. The Balaban J connectivity index is 2.39. The average molecular weight is 281 g/mol. The summed E-state index contributed by atoms with van der Waals surface area (Å²) in [5.41, 5.74) is 0. The number of carboxylic acids is 1. The van der Waals surface area contributed by atoms with Gasteiger partial charge < -0.3 is 20.1 Å². The zero-order chi connectivity index (χ0) is 13.8. The summed E-state index contributed by atoms with van der Waals surface area (Å²) in [4.78, 5) is 23.5. The molecule has 104 valence electrons. The number of urea groups is 1. The normalized spacial score (nSPS) is 20.5. The molecule has 0 aromatic carbocycles. The molecule has 0 aromatic heterocycles. The van der Waals surface area contributed by atoms with Gasteiger partial charge in [-0.25, -0.2) is 23.1 Å². The number of hydrogen-bond acceptors (Lipinski definition) is 5. The first-order valence-corrected chi connectivity index (χ1v) is 6.89. The Morgan fingerprint density at radius 3 is 2.72 bits per heavy atom. The molecule has 1 aliphatic heterocycles. The molecule has 0 spiro atoms. The molecule has 0 aliphatic carbocycles. The van der Waals surface area contributed by atoms with Crippen molar-refractivity contribution < 1.29 is 27.9 Å². The van der Waals surface area contributed by atoms with E-state index in [0.717, 1.165) is 0 Å². The summed E-state index contributed by atoms with van der Waals surface area (Å²) in [7, 11) is -3.63. The summed E-state index contributed by atoms with van der Waals surface area (Å²) < 4.78 is 26.2. The second-order valence-electron chi connectivity index (χ2n) is 3.74. The summed E-state index contributed by atoms with van der Waals surface area (Å²) in [6.45, 7) is 0.188. The Morgan fingerprint density at radius 2 is 2.17 bits per heavy atom. The number of nitrogens with two attached hydrogens (primary N) is 1. The van der Waals surface area contributed by atoms with E-state index >= 15 is 0 Å². The number of rotatable bonds is 4. The van der Waals surface area contributed by atoms with Crippen LogP contribution in [-0.2, 0) is 19.6 Å². The molecule has 1 rings (SSSR count). The van der Waals surface area contributed by atoms with Crippen LogP contribution in [-0.4, -0.2) is 68.5 Å². The van der Waals surface area contributed by atoms with Crippen molar-refractivity contribution in [2.45, 2.75) is 6.10 Å². The molecule has 0 saturated carbocycles. The van der Waals surface area contributed by atoms with Crippen LogP contribution >= 0.6 is 0 Å². The van der Waals surface area contributed by atoms with Crippen LogP contribution in [0, 0.1) is 0 Å². The number of sulfonamides is 1. The predicted octanol–water partition coefficient (Wildman–Crippen LogP) is -2.23. The number of morpholine rings is 1. The fourth-order valence-electron chi connectivity index (χ4n) is 1.40. The van der Waals surface area contributed by atoms with Crippen molar-refractivity contribution in [2.24, 2.45) is 5.14 Å². The molecule has 1 heterocycles. The molecule has 1 fully saturated rings. The maximum atomic E-state index is 11.6. The standard InChI is InChI=1S/C8H15N3O6S/c9-18(15,16)4-1-10-8(14)11-2-3-17-6(5-11)7(12)13/h6H,1-5H2,(H,10,14)(H,12,13)(H2,9,15,16). The first kappa shape index (κ1) is 14.7. The highest BCUT2D eigenvalue weighted by atomic mass is 32.2. The van der Waals surface area contributed by atoms with Crippen molar-refractivity contribution in [3.63, 3.8) is 0 Å². The van der Waals surface area contributed by atoms with Crippen molar-refractivity contribution in [1.82, 2.24) is 10.2 Å². The molecule has 0 aromatic rings. The summed E-state index contributed by atoms with van der Waals surface area (Å²) in [6.07, 6.45) is -1.05. The van der Waals surface area contributed by atoms with Gasteiger partial charge in [0.1, 0.15) is 0 Å². The van der Waals surface area contributed by atoms with Crippen LogP contribution < -0.4 is 10.5 Å². The first-order valence-electron chi connectivity index (χ1n) is 5.17. The van der Waals surface area contributed by atoms with Crippen LogP contribution in [0.1, 0.15) is 0 Å². The molecule has 9 nitrogen and oxygen atoms in total. The van der Waals surface area contributed by atoms with Crippen LogP contribution in [0.3, 0.4) is 0 Å². The van der Waals surface area contributed by atoms with Gasteiger partial charge >= 0.3 is 12.0 Å². The SMILES string of the molecule is NS(=O)(=O)CCNC(=O)N1CCOC(C(=O)O)C1. The molecule has 0 radical (unpaired) electrons. The molecule has 1 unspecified atom stereocenters. The molecule has 1 saturated heterocycles. The van der Waals surface area contributed by atoms with Crippen LogP contribution in [0.25, 0.3) is 0 Å². The van der Waals surface area contributed by atoms with Gasteiger partial charge in [0.25, 0.3) is 0 Å². The highest BCUT2D eigenvalue weighted by Crippen LogP contribution is 2.05. The molecule has 18 heavy (non-hydrogen) atoms. The highest BCUT2D eigenvalue weighted by molar-refractivity contribution is 7.89. The van der Waals surface area contributed by atoms with E-state index in [-0.39, 0.29) is 32.0 Å². The molecule has 2 amide bonds. The lowest BCUT2D eigenvalue weighted by atomic mass is 10.3.